The number of nitrogens with two attached hydrogens (primary N) is 1. The summed E-state index contributed by atoms with van der Waals surface area (Å²) in [6.07, 6.45) is 2.89. The number of nitrogens with zero attached hydrogens (tertiary/aromatic N) is 1. The molecule has 0 radical (unpaired) electrons. The minimum absolute atomic E-state index is 0. The van der Waals surface area contributed by atoms with E-state index < -0.39 is 0 Å². The zero-order valence-electron chi connectivity index (χ0n) is 5.36. The van der Waals surface area contributed by atoms with Gasteiger partial charge in [0.05, 0.1) is 0 Å². The molecule has 2 N–H and O–H groups in total. The predicted octanol–water partition coefficient (Wildman–Crippen LogP) is 0.200. The monoisotopic (exact) mass is 160 g/mol. The number of hydrogen-bond donors (Lipinski definition) is 1. The van der Waals surface area contributed by atoms with Crippen molar-refractivity contribution < 1.29 is 4.73 Å². The number of aromatic nitrogens is 1. The Kier molecular flexibility index (Phi) is 3.76. The molecule has 1 heterocycles. The lowest BCUT2D eigenvalue weighted by molar-refractivity contribution is -0.605. The minimum Gasteiger partial charge on any atom is -0.619 e. The second-order valence-corrected chi connectivity index (χ2v) is 1.78. The van der Waals surface area contributed by atoms with Crippen molar-refractivity contribution in [2.24, 2.45) is 5.73 Å². The van der Waals surface area contributed by atoms with Gasteiger partial charge in [0.2, 0.25) is 0 Å². The van der Waals surface area contributed by atoms with Gasteiger partial charge >= 0.3 is 0 Å². The molecule has 0 aliphatic carbocycles. The number of halogens is 1. The topological polar surface area (TPSA) is 53.0 Å². The number of rotatable bonds is 1. The van der Waals surface area contributed by atoms with E-state index in [-0.39, 0.29) is 12.4 Å². The second-order valence-electron chi connectivity index (χ2n) is 1.78. The van der Waals surface area contributed by atoms with Crippen LogP contribution in [-0.4, -0.2) is 0 Å². The summed E-state index contributed by atoms with van der Waals surface area (Å²) in [4.78, 5) is 0. The van der Waals surface area contributed by atoms with Gasteiger partial charge in [0.25, 0.3) is 0 Å². The SMILES string of the molecule is Cl.NCc1ccc[n+]([O-])c1. The van der Waals surface area contributed by atoms with Crippen LogP contribution in [0.25, 0.3) is 0 Å². The van der Waals surface area contributed by atoms with Crippen LogP contribution in [0.15, 0.2) is 24.5 Å². The normalized spacial score (nSPS) is 8.50. The fraction of sp³-hybridized carbons (Fsp3) is 0.167. The maximum Gasteiger partial charge on any atom is 0.184 e. The molecule has 1 aromatic rings. The highest BCUT2D eigenvalue weighted by Gasteiger charge is 1.90. The van der Waals surface area contributed by atoms with Gasteiger partial charge in [-0.1, -0.05) is 0 Å². The lowest BCUT2D eigenvalue weighted by Crippen LogP contribution is -2.25. The number of hydrogen-bond acceptors (Lipinski definition) is 2. The average Bonchev–Trinajstić information content (AvgIpc) is 1.88. The van der Waals surface area contributed by atoms with Crippen LogP contribution < -0.4 is 10.5 Å². The molecule has 0 fully saturated rings. The maximum atomic E-state index is 10.5. The molecule has 0 unspecified atom stereocenters. The van der Waals surface area contributed by atoms with Gasteiger partial charge < -0.3 is 10.9 Å². The molecule has 0 aliphatic heterocycles. The fourth-order valence-electron chi connectivity index (χ4n) is 0.622. The molecule has 0 atom stereocenters. The smallest absolute Gasteiger partial charge is 0.184 e. The molecule has 0 spiro atoms. The molecule has 3 nitrogen and oxygen atoms in total. The molecule has 0 bridgehead atoms. The molecule has 0 amide bonds. The lowest BCUT2D eigenvalue weighted by atomic mass is 10.3. The van der Waals surface area contributed by atoms with Crippen LogP contribution in [0.4, 0.5) is 0 Å². The first-order chi connectivity index (χ1) is 4.33. The van der Waals surface area contributed by atoms with E-state index in [1.165, 1.54) is 12.4 Å². The van der Waals surface area contributed by atoms with E-state index >= 15 is 0 Å². The zero-order chi connectivity index (χ0) is 6.69. The first-order valence-electron chi connectivity index (χ1n) is 2.70. The van der Waals surface area contributed by atoms with Gasteiger partial charge in [-0.05, 0) is 6.07 Å². The van der Waals surface area contributed by atoms with Crippen LogP contribution >= 0.6 is 12.4 Å². The standard InChI is InChI=1S/C6H8N2O.ClH/c7-4-6-2-1-3-8(9)5-6;/h1-3,5H,4,7H2;1H. The maximum absolute atomic E-state index is 10.5. The first-order valence-corrected chi connectivity index (χ1v) is 2.70. The van der Waals surface area contributed by atoms with Crippen molar-refractivity contribution in [3.63, 3.8) is 0 Å². The van der Waals surface area contributed by atoms with Gasteiger partial charge in [-0.25, -0.2) is 0 Å². The van der Waals surface area contributed by atoms with Crippen LogP contribution in [0.5, 0.6) is 0 Å². The molecule has 0 aromatic carbocycles. The summed E-state index contributed by atoms with van der Waals surface area (Å²) < 4.78 is 0.738. The van der Waals surface area contributed by atoms with Crippen LogP contribution in [0.1, 0.15) is 5.56 Å². The van der Waals surface area contributed by atoms with Gasteiger partial charge in [-0.15, -0.1) is 12.4 Å². The Balaban J connectivity index is 0.000000810. The highest BCUT2D eigenvalue weighted by atomic mass is 35.5. The highest BCUT2D eigenvalue weighted by Crippen LogP contribution is 1.89. The summed E-state index contributed by atoms with van der Waals surface area (Å²) in [5, 5.41) is 10.5. The second kappa shape index (κ2) is 4.09. The zero-order valence-corrected chi connectivity index (χ0v) is 6.17. The van der Waals surface area contributed by atoms with Crippen molar-refractivity contribution in [2.45, 2.75) is 6.54 Å². The predicted molar refractivity (Wildman–Crippen MR) is 40.5 cm³/mol. The van der Waals surface area contributed by atoms with Crippen molar-refractivity contribution in [1.29, 1.82) is 0 Å². The van der Waals surface area contributed by atoms with Crippen molar-refractivity contribution in [1.82, 2.24) is 0 Å². The summed E-state index contributed by atoms with van der Waals surface area (Å²) in [5.74, 6) is 0. The lowest BCUT2D eigenvalue weighted by Gasteiger charge is -1.95. The Bertz CT molecular complexity index is 205. The molecule has 10 heavy (non-hydrogen) atoms. The van der Waals surface area contributed by atoms with Crippen LogP contribution in [-0.2, 0) is 6.54 Å². The summed E-state index contributed by atoms with van der Waals surface area (Å²) in [6, 6.07) is 3.49. The Morgan fingerprint density at radius 1 is 1.60 bits per heavy atom. The van der Waals surface area contributed by atoms with Crippen LogP contribution in [0, 0.1) is 5.21 Å². The van der Waals surface area contributed by atoms with Gasteiger partial charge in [0, 0.05) is 18.2 Å². The Hall–Kier alpha value is -0.800. The third-order valence-corrected chi connectivity index (χ3v) is 1.07. The van der Waals surface area contributed by atoms with E-state index in [2.05, 4.69) is 0 Å². The van der Waals surface area contributed by atoms with E-state index in [0.29, 0.717) is 6.54 Å². The molecule has 4 heteroatoms. The van der Waals surface area contributed by atoms with E-state index in [4.69, 9.17) is 5.73 Å². The Morgan fingerprint density at radius 3 is 2.70 bits per heavy atom. The molecular formula is C6H9ClN2O. The van der Waals surface area contributed by atoms with Gasteiger partial charge in [-0.3, -0.25) is 0 Å². The molecule has 1 aromatic heterocycles. The molecule has 1 rings (SSSR count). The van der Waals surface area contributed by atoms with Gasteiger partial charge in [-0.2, -0.15) is 4.73 Å². The summed E-state index contributed by atoms with van der Waals surface area (Å²) in [5.41, 5.74) is 6.12. The molecule has 0 aliphatic rings. The highest BCUT2D eigenvalue weighted by molar-refractivity contribution is 5.85. The fourth-order valence-corrected chi connectivity index (χ4v) is 0.622. The first kappa shape index (κ1) is 9.20. The Labute approximate surface area is 65.5 Å². The molecule has 56 valence electrons. The average molecular weight is 161 g/mol. The minimum atomic E-state index is 0. The van der Waals surface area contributed by atoms with Crippen molar-refractivity contribution >= 4 is 12.4 Å². The summed E-state index contributed by atoms with van der Waals surface area (Å²) in [7, 11) is 0. The summed E-state index contributed by atoms with van der Waals surface area (Å²) in [6.45, 7) is 0.420. The van der Waals surface area contributed by atoms with Crippen molar-refractivity contribution in [2.75, 3.05) is 0 Å². The quantitative estimate of drug-likeness (QED) is 0.472. The molecule has 0 saturated heterocycles. The van der Waals surface area contributed by atoms with E-state index in [1.54, 1.807) is 6.07 Å². The van der Waals surface area contributed by atoms with Crippen LogP contribution in [0.3, 0.4) is 0 Å². The van der Waals surface area contributed by atoms with Gasteiger partial charge in [0.15, 0.2) is 12.4 Å². The largest absolute Gasteiger partial charge is 0.619 e. The van der Waals surface area contributed by atoms with Crippen molar-refractivity contribution in [3.05, 3.63) is 35.3 Å². The van der Waals surface area contributed by atoms with E-state index in [9.17, 15) is 5.21 Å². The third kappa shape index (κ3) is 2.21. The van der Waals surface area contributed by atoms with E-state index in [1.807, 2.05) is 6.07 Å². The van der Waals surface area contributed by atoms with E-state index in [0.717, 1.165) is 10.3 Å². The Morgan fingerprint density at radius 2 is 2.30 bits per heavy atom. The van der Waals surface area contributed by atoms with Crippen LogP contribution in [0.2, 0.25) is 0 Å². The van der Waals surface area contributed by atoms with Gasteiger partial charge in [0.1, 0.15) is 0 Å². The molecular weight excluding hydrogens is 152 g/mol. The summed E-state index contributed by atoms with van der Waals surface area (Å²) >= 11 is 0. The molecule has 0 saturated carbocycles. The third-order valence-electron chi connectivity index (χ3n) is 1.07. The van der Waals surface area contributed by atoms with Crippen molar-refractivity contribution in [3.8, 4) is 0 Å². The number of pyridine rings is 1.